The Morgan fingerprint density at radius 3 is 2.73 bits per heavy atom. The molecule has 3 aromatic rings. The lowest BCUT2D eigenvalue weighted by atomic mass is 10.2. The van der Waals surface area contributed by atoms with Gasteiger partial charge < -0.3 is 4.57 Å². The van der Waals surface area contributed by atoms with Gasteiger partial charge in [-0.2, -0.15) is 9.40 Å². The van der Waals surface area contributed by atoms with Crippen molar-refractivity contribution >= 4 is 10.0 Å². The number of aromatic amines is 1. The molecular weight excluding hydrogens is 359 g/mol. The molecule has 1 aliphatic heterocycles. The van der Waals surface area contributed by atoms with Gasteiger partial charge in [-0.25, -0.2) is 22.8 Å². The molecule has 8 nitrogen and oxygen atoms in total. The van der Waals surface area contributed by atoms with Crippen molar-refractivity contribution in [3.8, 4) is 11.4 Å². The molecule has 1 aromatic carbocycles. The fourth-order valence-electron chi connectivity index (χ4n) is 3.09. The number of nitrogens with zero attached hydrogens (tertiary/aromatic N) is 5. The molecule has 0 spiro atoms. The van der Waals surface area contributed by atoms with Crippen LogP contribution < -0.4 is 0 Å². The minimum absolute atomic E-state index is 0.0187. The molecule has 0 aliphatic carbocycles. The summed E-state index contributed by atoms with van der Waals surface area (Å²) in [5.74, 6) is 0.538. The number of aryl methyl sites for hydroxylation is 1. The molecule has 2 aromatic heterocycles. The fourth-order valence-corrected chi connectivity index (χ4v) is 4.72. The van der Waals surface area contributed by atoms with E-state index in [1.165, 1.54) is 29.0 Å². The van der Waals surface area contributed by atoms with E-state index in [4.69, 9.17) is 0 Å². The number of hydrogen-bond donors (Lipinski definition) is 1. The van der Waals surface area contributed by atoms with Gasteiger partial charge in [-0.3, -0.25) is 5.10 Å². The maximum Gasteiger partial charge on any atom is 0.262 e. The number of benzene rings is 1. The maximum atomic E-state index is 13.1. The van der Waals surface area contributed by atoms with Crippen LogP contribution in [-0.4, -0.2) is 44.0 Å². The summed E-state index contributed by atoms with van der Waals surface area (Å²) < 4.78 is 41.9. The number of hydrogen-bond acceptors (Lipinski definition) is 5. The molecule has 0 amide bonds. The second-order valence-corrected chi connectivity index (χ2v) is 8.04. The molecule has 0 saturated carbocycles. The predicted octanol–water partition coefficient (Wildman–Crippen LogP) is 1.87. The van der Waals surface area contributed by atoms with Gasteiger partial charge in [-0.05, 0) is 37.1 Å². The normalized spacial score (nSPS) is 18.5. The first-order chi connectivity index (χ1) is 12.4. The zero-order valence-electron chi connectivity index (χ0n) is 14.0. The summed E-state index contributed by atoms with van der Waals surface area (Å²) in [7, 11) is -1.99. The number of nitrogens with one attached hydrogen (secondary N) is 1. The first-order valence-corrected chi connectivity index (χ1v) is 9.57. The van der Waals surface area contributed by atoms with Crippen molar-refractivity contribution in [3.63, 3.8) is 0 Å². The highest BCUT2D eigenvalue weighted by molar-refractivity contribution is 7.89. The molecule has 1 N–H and O–H groups in total. The van der Waals surface area contributed by atoms with E-state index in [2.05, 4.69) is 20.2 Å². The van der Waals surface area contributed by atoms with Gasteiger partial charge in [0.15, 0.2) is 10.9 Å². The lowest BCUT2D eigenvalue weighted by molar-refractivity contribution is 0.382. The number of halogens is 1. The molecular formula is C16H17FN6O2S. The third-order valence-corrected chi connectivity index (χ3v) is 6.17. The topological polar surface area (TPSA) is 96.8 Å². The van der Waals surface area contributed by atoms with Crippen molar-refractivity contribution < 1.29 is 12.8 Å². The van der Waals surface area contributed by atoms with Gasteiger partial charge in [-0.1, -0.05) is 0 Å². The lowest BCUT2D eigenvalue weighted by Gasteiger charge is -2.20. The van der Waals surface area contributed by atoms with Crippen molar-refractivity contribution in [2.75, 3.05) is 6.54 Å². The standard InChI is InChI=1S/C16H17FN6O2S/c1-22-9-14(18-10-22)26(24,25)23-8-2-3-13(23)16-19-15(20-21-16)11-4-6-12(17)7-5-11/h4-7,9-10,13H,2-3,8H2,1H3,(H,19,20,21)/t13-/m0/s1. The fraction of sp³-hybridized carbons (Fsp3) is 0.312. The third-order valence-electron chi connectivity index (χ3n) is 4.38. The van der Waals surface area contributed by atoms with Crippen LogP contribution >= 0.6 is 0 Å². The number of rotatable bonds is 4. The van der Waals surface area contributed by atoms with Crippen LogP contribution in [0.25, 0.3) is 11.4 Å². The van der Waals surface area contributed by atoms with Crippen molar-refractivity contribution in [1.82, 2.24) is 29.0 Å². The average molecular weight is 376 g/mol. The van der Waals surface area contributed by atoms with E-state index >= 15 is 0 Å². The van der Waals surface area contributed by atoms with E-state index in [0.717, 1.165) is 6.42 Å². The van der Waals surface area contributed by atoms with Crippen molar-refractivity contribution in [2.24, 2.45) is 7.05 Å². The minimum Gasteiger partial charge on any atom is -0.339 e. The second kappa shape index (κ2) is 6.29. The monoisotopic (exact) mass is 376 g/mol. The second-order valence-electron chi connectivity index (χ2n) is 6.20. The summed E-state index contributed by atoms with van der Waals surface area (Å²) in [6.07, 6.45) is 4.31. The molecule has 1 fully saturated rings. The Morgan fingerprint density at radius 2 is 2.04 bits per heavy atom. The first-order valence-electron chi connectivity index (χ1n) is 8.13. The van der Waals surface area contributed by atoms with Gasteiger partial charge in [0.05, 0.1) is 12.4 Å². The molecule has 0 radical (unpaired) electrons. The predicted molar refractivity (Wildman–Crippen MR) is 90.9 cm³/mol. The number of H-pyrrole nitrogens is 1. The molecule has 0 bridgehead atoms. The Balaban J connectivity index is 1.64. The minimum atomic E-state index is -3.71. The Bertz CT molecular complexity index is 1030. The molecule has 136 valence electrons. The summed E-state index contributed by atoms with van der Waals surface area (Å²) in [4.78, 5) is 8.41. The zero-order chi connectivity index (χ0) is 18.3. The Morgan fingerprint density at radius 1 is 1.27 bits per heavy atom. The summed E-state index contributed by atoms with van der Waals surface area (Å²) in [5, 5.41) is 7.01. The molecule has 3 heterocycles. The van der Waals surface area contributed by atoms with Gasteiger partial charge >= 0.3 is 0 Å². The number of imidazole rings is 1. The molecule has 0 unspecified atom stereocenters. The van der Waals surface area contributed by atoms with E-state index in [1.54, 1.807) is 23.7 Å². The van der Waals surface area contributed by atoms with E-state index in [0.29, 0.717) is 30.2 Å². The van der Waals surface area contributed by atoms with Crippen LogP contribution in [-0.2, 0) is 17.1 Å². The SMILES string of the molecule is Cn1cnc(S(=O)(=O)N2CCC[C@H]2c2nc(-c3ccc(F)cc3)n[nH]2)c1. The molecule has 26 heavy (non-hydrogen) atoms. The van der Waals surface area contributed by atoms with Gasteiger partial charge in [0.1, 0.15) is 11.6 Å². The summed E-state index contributed by atoms with van der Waals surface area (Å²) in [6, 6.07) is 5.40. The van der Waals surface area contributed by atoms with Crippen LogP contribution in [0.15, 0.2) is 41.8 Å². The average Bonchev–Trinajstić information content (AvgIpc) is 3.35. The van der Waals surface area contributed by atoms with Crippen LogP contribution in [0.3, 0.4) is 0 Å². The van der Waals surface area contributed by atoms with Crippen molar-refractivity contribution in [2.45, 2.75) is 23.9 Å². The number of sulfonamides is 1. The maximum absolute atomic E-state index is 13.1. The van der Waals surface area contributed by atoms with Gasteiger partial charge in [-0.15, -0.1) is 0 Å². The van der Waals surface area contributed by atoms with Gasteiger partial charge in [0.2, 0.25) is 0 Å². The number of aromatic nitrogens is 5. The third kappa shape index (κ3) is 2.90. The Labute approximate surface area is 149 Å². The molecule has 1 aliphatic rings. The highest BCUT2D eigenvalue weighted by Crippen LogP contribution is 2.35. The highest BCUT2D eigenvalue weighted by Gasteiger charge is 2.39. The van der Waals surface area contributed by atoms with Crippen molar-refractivity contribution in [3.05, 3.63) is 48.4 Å². The largest absolute Gasteiger partial charge is 0.339 e. The van der Waals surface area contributed by atoms with Crippen LogP contribution in [0, 0.1) is 5.82 Å². The highest BCUT2D eigenvalue weighted by atomic mass is 32.2. The lowest BCUT2D eigenvalue weighted by Crippen LogP contribution is -2.31. The van der Waals surface area contributed by atoms with E-state index in [1.807, 2.05) is 0 Å². The van der Waals surface area contributed by atoms with Gasteiger partial charge in [0, 0.05) is 25.4 Å². The molecule has 1 atom stereocenters. The molecule has 10 heteroatoms. The zero-order valence-corrected chi connectivity index (χ0v) is 14.8. The molecule has 1 saturated heterocycles. The summed E-state index contributed by atoms with van der Waals surface area (Å²) >= 11 is 0. The van der Waals surface area contributed by atoms with E-state index in [9.17, 15) is 12.8 Å². The first kappa shape index (κ1) is 16.9. The Kier molecular flexibility index (Phi) is 4.08. The molecule has 4 rings (SSSR count). The van der Waals surface area contributed by atoms with E-state index < -0.39 is 16.1 Å². The Hall–Kier alpha value is -2.59. The van der Waals surface area contributed by atoms with Crippen LogP contribution in [0.5, 0.6) is 0 Å². The van der Waals surface area contributed by atoms with E-state index in [-0.39, 0.29) is 10.8 Å². The summed E-state index contributed by atoms with van der Waals surface area (Å²) in [6.45, 7) is 0.399. The van der Waals surface area contributed by atoms with Crippen LogP contribution in [0.4, 0.5) is 4.39 Å². The van der Waals surface area contributed by atoms with Gasteiger partial charge in [0.25, 0.3) is 10.0 Å². The quantitative estimate of drug-likeness (QED) is 0.750. The summed E-state index contributed by atoms with van der Waals surface area (Å²) in [5.41, 5.74) is 0.658. The van der Waals surface area contributed by atoms with Crippen molar-refractivity contribution in [1.29, 1.82) is 0 Å². The van der Waals surface area contributed by atoms with Crippen LogP contribution in [0.2, 0.25) is 0 Å². The van der Waals surface area contributed by atoms with Crippen LogP contribution in [0.1, 0.15) is 24.7 Å². The smallest absolute Gasteiger partial charge is 0.262 e.